The molecule has 0 amide bonds. The van der Waals surface area contributed by atoms with Crippen molar-refractivity contribution in [1.82, 2.24) is 4.90 Å². The minimum atomic E-state index is -2.79. The summed E-state index contributed by atoms with van der Waals surface area (Å²) in [6.07, 6.45) is 0.932. The Morgan fingerprint density at radius 3 is 2.65 bits per heavy atom. The number of halogens is 1. The molecule has 0 radical (unpaired) electrons. The van der Waals surface area contributed by atoms with Crippen LogP contribution in [0.15, 0.2) is 24.3 Å². The fraction of sp³-hybridized carbons (Fsp3) is 0.647. The van der Waals surface area contributed by atoms with Crippen molar-refractivity contribution in [2.75, 3.05) is 32.8 Å². The van der Waals surface area contributed by atoms with E-state index in [1.165, 1.54) is 4.90 Å². The topological polar surface area (TPSA) is 12.5 Å². The number of ether oxygens (including phenoxy) is 1. The van der Waals surface area contributed by atoms with Gasteiger partial charge in [0.2, 0.25) is 0 Å². The molecule has 0 unspecified atom stereocenters. The van der Waals surface area contributed by atoms with Crippen LogP contribution in [-0.2, 0) is 11.2 Å². The van der Waals surface area contributed by atoms with Crippen molar-refractivity contribution in [2.24, 2.45) is 0 Å². The second kappa shape index (κ2) is 9.38. The average Bonchev–Trinajstić information content (AvgIpc) is 2.60. The second-order valence-electron chi connectivity index (χ2n) is 4.97. The quantitative estimate of drug-likeness (QED) is 0.668. The summed E-state index contributed by atoms with van der Waals surface area (Å²) in [5, 5.41) is 0.648. The fourth-order valence-electron chi connectivity index (χ4n) is 2.19. The zero-order chi connectivity index (χ0) is 19.4. The van der Waals surface area contributed by atoms with E-state index in [1.807, 2.05) is 12.1 Å². The molecule has 1 aromatic rings. The molecule has 0 saturated carbocycles. The van der Waals surface area contributed by atoms with Crippen LogP contribution in [0.1, 0.15) is 45.8 Å². The Kier molecular flexibility index (Phi) is 4.43. The normalized spacial score (nSPS) is 23.1. The molecule has 0 spiro atoms. The fourth-order valence-corrected chi connectivity index (χ4v) is 2.32. The number of aryl methyl sites for hydroxylation is 1. The lowest BCUT2D eigenvalue weighted by molar-refractivity contribution is 0.115. The minimum Gasteiger partial charge on any atom is -0.381 e. The summed E-state index contributed by atoms with van der Waals surface area (Å²) in [6, 6.07) is 7.32. The highest BCUT2D eigenvalue weighted by atomic mass is 35.5. The molecule has 0 aliphatic carbocycles. The number of piperidine rings is 1. The molecule has 1 aromatic carbocycles. The second-order valence-corrected chi connectivity index (χ2v) is 5.40. The molecule has 1 aliphatic rings. The van der Waals surface area contributed by atoms with Gasteiger partial charge in [0, 0.05) is 30.2 Å². The summed E-state index contributed by atoms with van der Waals surface area (Å²) in [5.74, 6) is 0. The Hall–Kier alpha value is -0.570. The van der Waals surface area contributed by atoms with Gasteiger partial charge in [0.1, 0.15) is 0 Å². The Morgan fingerprint density at radius 1 is 1.15 bits per heavy atom. The van der Waals surface area contributed by atoms with Crippen molar-refractivity contribution in [3.8, 4) is 0 Å². The molecule has 112 valence electrons. The largest absolute Gasteiger partial charge is 0.381 e. The third kappa shape index (κ3) is 6.25. The highest BCUT2D eigenvalue weighted by Gasteiger charge is 2.08. The van der Waals surface area contributed by atoms with Crippen LogP contribution in [0.5, 0.6) is 0 Å². The van der Waals surface area contributed by atoms with Crippen molar-refractivity contribution < 1.29 is 13.0 Å². The van der Waals surface area contributed by atoms with Gasteiger partial charge in [0.25, 0.3) is 0 Å². The van der Waals surface area contributed by atoms with Gasteiger partial charge in [-0.2, -0.15) is 0 Å². The van der Waals surface area contributed by atoms with E-state index in [2.05, 4.69) is 0 Å². The number of benzene rings is 1. The van der Waals surface area contributed by atoms with Crippen molar-refractivity contribution in [3.05, 3.63) is 34.9 Å². The molecule has 3 heteroatoms. The van der Waals surface area contributed by atoms with E-state index in [-0.39, 0.29) is 6.61 Å². The average molecular weight is 302 g/mol. The molecule has 0 bridgehead atoms. The van der Waals surface area contributed by atoms with Crippen LogP contribution in [0.3, 0.4) is 0 Å². The highest BCUT2D eigenvalue weighted by Crippen LogP contribution is 2.11. The molecule has 2 nitrogen and oxygen atoms in total. The van der Waals surface area contributed by atoms with Gasteiger partial charge in [-0.1, -0.05) is 30.2 Å². The van der Waals surface area contributed by atoms with E-state index in [0.717, 1.165) is 24.8 Å². The van der Waals surface area contributed by atoms with E-state index in [0.29, 0.717) is 31.0 Å². The first-order chi connectivity index (χ1) is 12.1. The Bertz CT molecular complexity index is 575. The number of hydrogen-bond donors (Lipinski definition) is 0. The molecule has 0 aromatic heterocycles. The summed E-state index contributed by atoms with van der Waals surface area (Å²) in [7, 11) is 0. The maximum absolute atomic E-state index is 8.20. The summed E-state index contributed by atoms with van der Waals surface area (Å²) < 4.78 is 53.8. The minimum absolute atomic E-state index is 0.00518. The standard InChI is InChI=1S/C17H26ClNO/c18-17-9-7-16(8-10-17)6-4-14-20-15-5-13-19-11-2-1-3-12-19/h7-10H,1-6,11-15H2/i5D2,13D2,15D2. The summed E-state index contributed by atoms with van der Waals surface area (Å²) in [4.78, 5) is 1.39. The maximum Gasteiger partial charge on any atom is 0.0567 e. The molecular formula is C17H26ClNO. The van der Waals surface area contributed by atoms with E-state index in [9.17, 15) is 0 Å². The predicted octanol–water partition coefficient (Wildman–Crippen LogP) is 4.17. The smallest absolute Gasteiger partial charge is 0.0567 e. The van der Waals surface area contributed by atoms with Crippen molar-refractivity contribution in [2.45, 2.75) is 38.5 Å². The Morgan fingerprint density at radius 2 is 1.90 bits per heavy atom. The summed E-state index contributed by atoms with van der Waals surface area (Å²) in [5.41, 5.74) is 1.03. The molecule has 0 atom stereocenters. The van der Waals surface area contributed by atoms with Gasteiger partial charge in [0.05, 0.1) is 2.74 Å². The Balaban J connectivity index is 1.92. The number of rotatable bonds is 8. The monoisotopic (exact) mass is 301 g/mol. The molecule has 1 aliphatic heterocycles. The molecular weight excluding hydrogens is 270 g/mol. The number of likely N-dealkylation sites (tertiary alicyclic amines) is 1. The van der Waals surface area contributed by atoms with Crippen molar-refractivity contribution in [1.29, 1.82) is 0 Å². The number of nitrogens with zero attached hydrogens (tertiary/aromatic N) is 1. The van der Waals surface area contributed by atoms with Crippen molar-refractivity contribution in [3.63, 3.8) is 0 Å². The van der Waals surface area contributed by atoms with Crippen LogP contribution in [0, 0.1) is 0 Å². The van der Waals surface area contributed by atoms with E-state index < -0.39 is 19.4 Å². The highest BCUT2D eigenvalue weighted by molar-refractivity contribution is 6.30. The number of hydrogen-bond acceptors (Lipinski definition) is 2. The van der Waals surface area contributed by atoms with E-state index >= 15 is 0 Å². The first-order valence-corrected chi connectivity index (χ1v) is 7.59. The third-order valence-electron chi connectivity index (χ3n) is 3.32. The van der Waals surface area contributed by atoms with Gasteiger partial charge in [0.15, 0.2) is 0 Å². The maximum atomic E-state index is 8.20. The van der Waals surface area contributed by atoms with Crippen molar-refractivity contribution >= 4 is 11.6 Å². The van der Waals surface area contributed by atoms with E-state index in [4.69, 9.17) is 24.6 Å². The lowest BCUT2D eigenvalue weighted by Crippen LogP contribution is -2.31. The first kappa shape index (κ1) is 9.45. The van der Waals surface area contributed by atoms with Crippen LogP contribution >= 0.6 is 11.6 Å². The molecule has 20 heavy (non-hydrogen) atoms. The van der Waals surface area contributed by atoms with Crippen LogP contribution in [0.25, 0.3) is 0 Å². The SMILES string of the molecule is [2H]C([2H])(OCCCc1ccc(Cl)cc1)C([2H])([2H])C([2H])([2H])N1CCCCC1. The van der Waals surface area contributed by atoms with Gasteiger partial charge in [-0.3, -0.25) is 0 Å². The molecule has 1 heterocycles. The summed E-state index contributed by atoms with van der Waals surface area (Å²) in [6.45, 7) is -4.30. The summed E-state index contributed by atoms with van der Waals surface area (Å²) >= 11 is 5.83. The van der Waals surface area contributed by atoms with E-state index in [1.54, 1.807) is 12.1 Å². The van der Waals surface area contributed by atoms with Crippen LogP contribution in [-0.4, -0.2) is 37.7 Å². The van der Waals surface area contributed by atoms with Gasteiger partial charge < -0.3 is 9.64 Å². The lowest BCUT2D eigenvalue weighted by atomic mass is 10.1. The van der Waals surface area contributed by atoms with Gasteiger partial charge in [-0.05, 0) is 62.8 Å². The lowest BCUT2D eigenvalue weighted by Gasteiger charge is -2.26. The van der Waals surface area contributed by atoms with Gasteiger partial charge in [-0.15, -0.1) is 0 Å². The molecule has 0 N–H and O–H groups in total. The third-order valence-corrected chi connectivity index (χ3v) is 3.57. The molecule has 1 fully saturated rings. The van der Waals surface area contributed by atoms with Crippen LogP contribution in [0.2, 0.25) is 5.02 Å². The van der Waals surface area contributed by atoms with Crippen LogP contribution < -0.4 is 0 Å². The zero-order valence-corrected chi connectivity index (χ0v) is 12.5. The predicted molar refractivity (Wildman–Crippen MR) is 85.5 cm³/mol. The van der Waals surface area contributed by atoms with Gasteiger partial charge in [-0.25, -0.2) is 0 Å². The zero-order valence-electron chi connectivity index (χ0n) is 17.7. The van der Waals surface area contributed by atoms with Crippen LogP contribution in [0.4, 0.5) is 0 Å². The molecule has 1 saturated heterocycles. The van der Waals surface area contributed by atoms with Gasteiger partial charge >= 0.3 is 0 Å². The first-order valence-electron chi connectivity index (χ1n) is 10.2. The molecule has 2 rings (SSSR count). The Labute approximate surface area is 136 Å².